The van der Waals surface area contributed by atoms with Crippen LogP contribution in [0.3, 0.4) is 0 Å². The van der Waals surface area contributed by atoms with E-state index in [0.29, 0.717) is 28.0 Å². The summed E-state index contributed by atoms with van der Waals surface area (Å²) in [5, 5.41) is 6.22. The van der Waals surface area contributed by atoms with Crippen molar-refractivity contribution in [1.82, 2.24) is 14.9 Å². The minimum absolute atomic E-state index is 0.0643. The van der Waals surface area contributed by atoms with Crippen molar-refractivity contribution in [2.45, 2.75) is 19.8 Å². The number of anilines is 1. The van der Waals surface area contributed by atoms with Crippen LogP contribution in [0.2, 0.25) is 10.0 Å². The van der Waals surface area contributed by atoms with Crippen molar-refractivity contribution in [3.8, 4) is 10.6 Å². The molecule has 0 atom stereocenters. The van der Waals surface area contributed by atoms with E-state index >= 15 is 0 Å². The van der Waals surface area contributed by atoms with Crippen LogP contribution in [0.5, 0.6) is 0 Å². The monoisotopic (exact) mass is 462 g/mol. The number of hydrogen-bond acceptors (Lipinski definition) is 5. The Hall–Kier alpha value is -2.48. The van der Waals surface area contributed by atoms with Gasteiger partial charge in [0, 0.05) is 34.9 Å². The lowest BCUT2D eigenvalue weighted by atomic mass is 10.2. The van der Waals surface area contributed by atoms with Gasteiger partial charge in [0.1, 0.15) is 5.01 Å². The van der Waals surface area contributed by atoms with Gasteiger partial charge in [0.05, 0.1) is 29.4 Å². The number of carbonyl (C=O) groups excluding carboxylic acids is 2. The fourth-order valence-electron chi connectivity index (χ4n) is 2.79. The second-order valence-electron chi connectivity index (χ2n) is 6.55. The van der Waals surface area contributed by atoms with E-state index in [0.717, 1.165) is 17.0 Å². The third-order valence-electron chi connectivity index (χ3n) is 4.18. The molecular weight excluding hydrogens is 443 g/mol. The van der Waals surface area contributed by atoms with Crippen LogP contribution < -0.4 is 5.32 Å². The molecule has 0 aliphatic heterocycles. The normalized spacial score (nSPS) is 10.6. The summed E-state index contributed by atoms with van der Waals surface area (Å²) in [6, 6.07) is 8.59. The molecule has 0 unspecified atom stereocenters. The summed E-state index contributed by atoms with van der Waals surface area (Å²) in [5.74, 6) is -0.479. The number of pyridine rings is 1. The molecule has 0 radical (unpaired) electrons. The molecule has 0 spiro atoms. The molecule has 1 aromatic carbocycles. The predicted molar refractivity (Wildman–Crippen MR) is 121 cm³/mol. The minimum atomic E-state index is -0.324. The van der Waals surface area contributed by atoms with Gasteiger partial charge >= 0.3 is 0 Å². The summed E-state index contributed by atoms with van der Waals surface area (Å²) in [7, 11) is 0. The molecule has 156 valence electrons. The first kappa shape index (κ1) is 22.2. The quantitative estimate of drug-likeness (QED) is 0.514. The molecule has 0 fully saturated rings. The number of rotatable bonds is 8. The van der Waals surface area contributed by atoms with Gasteiger partial charge in [-0.25, -0.2) is 4.98 Å². The maximum atomic E-state index is 12.8. The third-order valence-corrected chi connectivity index (χ3v) is 5.67. The lowest BCUT2D eigenvalue weighted by molar-refractivity contribution is -0.134. The molecule has 0 bridgehead atoms. The van der Waals surface area contributed by atoms with Crippen LogP contribution >= 0.6 is 34.5 Å². The van der Waals surface area contributed by atoms with E-state index in [1.165, 1.54) is 16.2 Å². The molecule has 0 aliphatic carbocycles. The van der Waals surface area contributed by atoms with Crippen LogP contribution in [0, 0.1) is 0 Å². The molecule has 6 nitrogen and oxygen atoms in total. The zero-order valence-electron chi connectivity index (χ0n) is 16.3. The Morgan fingerprint density at radius 3 is 2.77 bits per heavy atom. The molecule has 1 N–H and O–H groups in total. The van der Waals surface area contributed by atoms with Gasteiger partial charge < -0.3 is 10.2 Å². The Morgan fingerprint density at radius 1 is 1.23 bits per heavy atom. The smallest absolute Gasteiger partial charge is 0.244 e. The van der Waals surface area contributed by atoms with Crippen LogP contribution in [0.1, 0.15) is 19.0 Å². The fourth-order valence-corrected chi connectivity index (χ4v) is 4.06. The van der Waals surface area contributed by atoms with E-state index in [-0.39, 0.29) is 24.8 Å². The summed E-state index contributed by atoms with van der Waals surface area (Å²) in [4.78, 5) is 35.4. The van der Waals surface area contributed by atoms with E-state index in [1.807, 2.05) is 24.4 Å². The van der Waals surface area contributed by atoms with E-state index in [1.54, 1.807) is 30.6 Å². The number of thiazole rings is 1. The Morgan fingerprint density at radius 2 is 2.07 bits per heavy atom. The standard InChI is InChI=1S/C21H20Cl2N4O2S/c1-2-8-27(12-19(28)26-18-6-5-15(22)9-17(18)23)20(29)10-16-13-30-21(25-16)14-4-3-7-24-11-14/h3-7,9,11,13H,2,8,10,12H2,1H3,(H,26,28). The van der Waals surface area contributed by atoms with Gasteiger partial charge in [-0.15, -0.1) is 11.3 Å². The highest BCUT2D eigenvalue weighted by Gasteiger charge is 2.19. The van der Waals surface area contributed by atoms with Crippen molar-refractivity contribution in [2.24, 2.45) is 0 Å². The summed E-state index contributed by atoms with van der Waals surface area (Å²) < 4.78 is 0. The largest absolute Gasteiger partial charge is 0.333 e. The molecule has 0 saturated carbocycles. The van der Waals surface area contributed by atoms with E-state index < -0.39 is 0 Å². The Bertz CT molecular complexity index is 1030. The van der Waals surface area contributed by atoms with Gasteiger partial charge in [0.15, 0.2) is 0 Å². The first-order valence-electron chi connectivity index (χ1n) is 9.33. The first-order chi connectivity index (χ1) is 14.5. The lowest BCUT2D eigenvalue weighted by Crippen LogP contribution is -2.39. The van der Waals surface area contributed by atoms with Crippen molar-refractivity contribution in [3.63, 3.8) is 0 Å². The number of hydrogen-bond donors (Lipinski definition) is 1. The molecule has 3 aromatic rings. The third kappa shape index (κ3) is 6.01. The number of amides is 2. The highest BCUT2D eigenvalue weighted by atomic mass is 35.5. The van der Waals surface area contributed by atoms with Crippen LogP contribution in [0.4, 0.5) is 5.69 Å². The minimum Gasteiger partial charge on any atom is -0.333 e. The number of benzene rings is 1. The van der Waals surface area contributed by atoms with Crippen LogP contribution in [0.25, 0.3) is 10.6 Å². The zero-order valence-corrected chi connectivity index (χ0v) is 18.6. The predicted octanol–water partition coefficient (Wildman–Crippen LogP) is 4.93. The van der Waals surface area contributed by atoms with Crippen LogP contribution in [-0.4, -0.2) is 39.8 Å². The number of nitrogens with zero attached hydrogens (tertiary/aromatic N) is 3. The highest BCUT2D eigenvalue weighted by molar-refractivity contribution is 7.13. The van der Waals surface area contributed by atoms with Crippen molar-refractivity contribution in [2.75, 3.05) is 18.4 Å². The number of aromatic nitrogens is 2. The molecule has 3 rings (SSSR count). The van der Waals surface area contributed by atoms with E-state index in [2.05, 4.69) is 15.3 Å². The highest BCUT2D eigenvalue weighted by Crippen LogP contribution is 2.25. The molecule has 2 aromatic heterocycles. The lowest BCUT2D eigenvalue weighted by Gasteiger charge is -2.21. The summed E-state index contributed by atoms with van der Waals surface area (Å²) in [6.45, 7) is 2.36. The SMILES string of the molecule is CCCN(CC(=O)Nc1ccc(Cl)cc1Cl)C(=O)Cc1csc(-c2cccnc2)n1. The van der Waals surface area contributed by atoms with E-state index in [4.69, 9.17) is 23.2 Å². The Kier molecular flexibility index (Phi) is 7.79. The van der Waals surface area contributed by atoms with Crippen molar-refractivity contribution in [1.29, 1.82) is 0 Å². The molecule has 0 aliphatic rings. The van der Waals surface area contributed by atoms with Crippen LogP contribution in [0.15, 0.2) is 48.1 Å². The number of nitrogens with one attached hydrogen (secondary N) is 1. The molecule has 9 heteroatoms. The van der Waals surface area contributed by atoms with Gasteiger partial charge in [0.2, 0.25) is 11.8 Å². The maximum absolute atomic E-state index is 12.8. The molecular formula is C21H20Cl2N4O2S. The molecule has 2 amide bonds. The van der Waals surface area contributed by atoms with Gasteiger partial charge in [-0.3, -0.25) is 14.6 Å². The fraction of sp³-hybridized carbons (Fsp3) is 0.238. The van der Waals surface area contributed by atoms with Gasteiger partial charge in [-0.2, -0.15) is 0 Å². The van der Waals surface area contributed by atoms with E-state index in [9.17, 15) is 9.59 Å². The van der Waals surface area contributed by atoms with Gasteiger partial charge in [0.25, 0.3) is 0 Å². The maximum Gasteiger partial charge on any atom is 0.244 e. The van der Waals surface area contributed by atoms with Crippen LogP contribution in [-0.2, 0) is 16.0 Å². The topological polar surface area (TPSA) is 75.2 Å². The molecule has 2 heterocycles. The first-order valence-corrected chi connectivity index (χ1v) is 11.0. The summed E-state index contributed by atoms with van der Waals surface area (Å²) >= 11 is 13.4. The van der Waals surface area contributed by atoms with Crippen molar-refractivity contribution < 1.29 is 9.59 Å². The number of halogens is 2. The van der Waals surface area contributed by atoms with Gasteiger partial charge in [-0.05, 0) is 36.8 Å². The Balaban J connectivity index is 1.63. The number of carbonyl (C=O) groups is 2. The average molecular weight is 463 g/mol. The summed E-state index contributed by atoms with van der Waals surface area (Å²) in [6.07, 6.45) is 4.30. The summed E-state index contributed by atoms with van der Waals surface area (Å²) in [5.41, 5.74) is 2.03. The average Bonchev–Trinajstić information content (AvgIpc) is 3.19. The molecule has 0 saturated heterocycles. The van der Waals surface area contributed by atoms with Gasteiger partial charge in [-0.1, -0.05) is 30.1 Å². The van der Waals surface area contributed by atoms with Crippen molar-refractivity contribution in [3.05, 3.63) is 63.8 Å². The molecule has 30 heavy (non-hydrogen) atoms. The van der Waals surface area contributed by atoms with Crippen molar-refractivity contribution >= 4 is 52.0 Å². The zero-order chi connectivity index (χ0) is 21.5. The Labute approximate surface area is 188 Å². The second kappa shape index (κ2) is 10.5. The second-order valence-corrected chi connectivity index (χ2v) is 8.25.